The molecule has 168 valence electrons. The van der Waals surface area contributed by atoms with Crippen molar-refractivity contribution in [3.63, 3.8) is 0 Å². The van der Waals surface area contributed by atoms with Crippen molar-refractivity contribution < 1.29 is 18.3 Å². The van der Waals surface area contributed by atoms with Crippen LogP contribution in [0.15, 0.2) is 59.4 Å². The molecule has 3 aromatic carbocycles. The van der Waals surface area contributed by atoms with Gasteiger partial charge < -0.3 is 15.0 Å². The number of H-pyrrole nitrogens is 1. The maximum atomic E-state index is 14.2. The van der Waals surface area contributed by atoms with Gasteiger partial charge in [0.15, 0.2) is 11.5 Å². The Morgan fingerprint density at radius 3 is 2.45 bits per heavy atom. The Hall–Kier alpha value is -3.42. The predicted molar refractivity (Wildman–Crippen MR) is 125 cm³/mol. The van der Waals surface area contributed by atoms with Crippen LogP contribution in [0.25, 0.3) is 10.9 Å². The van der Waals surface area contributed by atoms with Crippen molar-refractivity contribution in [2.24, 2.45) is 0 Å². The average Bonchev–Trinajstić information content (AvgIpc) is 2.76. The number of Topliss-reactive ketones (excluding diaryl/α,β-unsaturated/α-hetero) is 1. The molecule has 0 bridgehead atoms. The first-order chi connectivity index (χ1) is 15.8. The zero-order valence-corrected chi connectivity index (χ0v) is 18.7. The van der Waals surface area contributed by atoms with E-state index in [4.69, 9.17) is 27.9 Å². The fourth-order valence-electron chi connectivity index (χ4n) is 3.39. The van der Waals surface area contributed by atoms with Gasteiger partial charge in [-0.15, -0.1) is 0 Å². The molecule has 0 amide bonds. The van der Waals surface area contributed by atoms with E-state index in [2.05, 4.69) is 10.3 Å². The van der Waals surface area contributed by atoms with Crippen molar-refractivity contribution in [3.8, 4) is 5.75 Å². The second-order valence-electron chi connectivity index (χ2n) is 7.20. The second kappa shape index (κ2) is 9.21. The Bertz CT molecular complexity index is 1440. The van der Waals surface area contributed by atoms with Crippen LogP contribution in [0.1, 0.15) is 22.8 Å². The molecular weight excluding hydrogens is 473 g/mol. The highest BCUT2D eigenvalue weighted by Gasteiger charge is 2.23. The summed E-state index contributed by atoms with van der Waals surface area (Å²) in [6.45, 7) is 1.31. The van der Waals surface area contributed by atoms with Crippen LogP contribution in [-0.4, -0.2) is 10.8 Å². The summed E-state index contributed by atoms with van der Waals surface area (Å²) in [5, 5.41) is 2.82. The van der Waals surface area contributed by atoms with E-state index in [0.717, 1.165) is 17.7 Å². The zero-order valence-electron chi connectivity index (χ0n) is 17.1. The van der Waals surface area contributed by atoms with Crippen molar-refractivity contribution >= 4 is 51.4 Å². The number of halogens is 4. The number of fused-ring (bicyclic) bond motifs is 1. The van der Waals surface area contributed by atoms with Gasteiger partial charge in [0.2, 0.25) is 5.43 Å². The van der Waals surface area contributed by atoms with Gasteiger partial charge in [-0.2, -0.15) is 0 Å². The monoisotopic (exact) mass is 488 g/mol. The number of ether oxygens (including phenoxy) is 1. The van der Waals surface area contributed by atoms with Gasteiger partial charge in [-0.3, -0.25) is 9.59 Å². The largest absolute Gasteiger partial charge is 0.486 e. The number of benzene rings is 3. The smallest absolute Gasteiger partial charge is 0.206 e. The lowest BCUT2D eigenvalue weighted by Gasteiger charge is -2.16. The number of hydrogen-bond acceptors (Lipinski definition) is 4. The summed E-state index contributed by atoms with van der Waals surface area (Å²) in [6, 6.07) is 13.5. The molecule has 0 spiro atoms. The lowest BCUT2D eigenvalue weighted by atomic mass is 10.1. The molecule has 0 unspecified atom stereocenters. The van der Waals surface area contributed by atoms with Crippen LogP contribution in [0.3, 0.4) is 0 Å². The molecule has 0 fully saturated rings. The molecule has 1 aromatic heterocycles. The molecule has 9 heteroatoms. The molecule has 33 heavy (non-hydrogen) atoms. The normalized spacial score (nSPS) is 10.9. The zero-order chi connectivity index (χ0) is 23.7. The molecule has 0 aliphatic rings. The fourth-order valence-corrected chi connectivity index (χ4v) is 3.96. The van der Waals surface area contributed by atoms with Crippen molar-refractivity contribution in [2.45, 2.75) is 13.5 Å². The third-order valence-electron chi connectivity index (χ3n) is 4.91. The van der Waals surface area contributed by atoms with Crippen LogP contribution in [0, 0.1) is 11.6 Å². The number of nitrogens with one attached hydrogen (secondary N) is 2. The number of aromatic nitrogens is 1. The van der Waals surface area contributed by atoms with E-state index >= 15 is 0 Å². The van der Waals surface area contributed by atoms with Crippen molar-refractivity contribution in [3.05, 3.63) is 97.6 Å². The molecule has 5 nitrogen and oxygen atoms in total. The van der Waals surface area contributed by atoms with Gasteiger partial charge in [0.25, 0.3) is 0 Å². The first-order valence-corrected chi connectivity index (χ1v) is 10.5. The Balaban J connectivity index is 1.89. The quantitative estimate of drug-likeness (QED) is 0.298. The first kappa shape index (κ1) is 22.8. The maximum Gasteiger partial charge on any atom is 0.206 e. The Labute approximate surface area is 196 Å². The number of aromatic amines is 1. The van der Waals surface area contributed by atoms with E-state index in [9.17, 15) is 18.4 Å². The van der Waals surface area contributed by atoms with E-state index in [0.29, 0.717) is 6.07 Å². The van der Waals surface area contributed by atoms with E-state index in [-0.39, 0.29) is 50.4 Å². The summed E-state index contributed by atoms with van der Waals surface area (Å²) in [5.74, 6) is -2.30. The summed E-state index contributed by atoms with van der Waals surface area (Å²) in [7, 11) is 0. The lowest BCUT2D eigenvalue weighted by Crippen LogP contribution is -2.19. The Morgan fingerprint density at radius 2 is 1.79 bits per heavy atom. The SMILES string of the molecule is CC(=O)c1c(Nc2ccc(F)cc2F)[nH]c2c(Cl)cc(Cl)c(OCc3ccccc3)c2c1=O. The molecule has 0 radical (unpaired) electrons. The van der Waals surface area contributed by atoms with Crippen LogP contribution in [0.4, 0.5) is 20.3 Å². The number of carbonyl (C=O) groups excluding carboxylic acids is 1. The molecule has 0 aliphatic heterocycles. The number of pyridine rings is 1. The lowest BCUT2D eigenvalue weighted by molar-refractivity contribution is 0.101. The van der Waals surface area contributed by atoms with Crippen LogP contribution in [0.2, 0.25) is 10.0 Å². The number of ketones is 1. The molecular formula is C24H16Cl2F2N2O3. The van der Waals surface area contributed by atoms with Gasteiger partial charge in [0.05, 0.1) is 26.6 Å². The van der Waals surface area contributed by atoms with Crippen molar-refractivity contribution in [1.29, 1.82) is 0 Å². The summed E-state index contributed by atoms with van der Waals surface area (Å²) >= 11 is 12.7. The van der Waals surface area contributed by atoms with Gasteiger partial charge in [0, 0.05) is 6.07 Å². The van der Waals surface area contributed by atoms with Crippen molar-refractivity contribution in [2.75, 3.05) is 5.32 Å². The van der Waals surface area contributed by atoms with Gasteiger partial charge >= 0.3 is 0 Å². The molecule has 0 saturated carbocycles. The standard InChI is InChI=1S/C24H16Cl2F2N2O3/c1-12(31)19-22(32)20-21(30-24(19)29-18-8-7-14(27)9-17(18)28)15(25)10-16(26)23(20)33-11-13-5-3-2-4-6-13/h2-10H,11H2,1H3,(H2,29,30,32). The molecule has 0 aliphatic carbocycles. The third kappa shape index (κ3) is 4.55. The Kier molecular flexibility index (Phi) is 6.35. The second-order valence-corrected chi connectivity index (χ2v) is 8.02. The highest BCUT2D eigenvalue weighted by molar-refractivity contribution is 6.39. The minimum absolute atomic E-state index is 0.0150. The van der Waals surface area contributed by atoms with E-state index in [1.807, 2.05) is 30.3 Å². The number of carbonyl (C=O) groups is 1. The van der Waals surface area contributed by atoms with Gasteiger partial charge in [-0.1, -0.05) is 53.5 Å². The third-order valence-corrected chi connectivity index (χ3v) is 5.49. The molecule has 1 heterocycles. The molecule has 4 aromatic rings. The van der Waals surface area contributed by atoms with Gasteiger partial charge in [-0.05, 0) is 30.7 Å². The minimum Gasteiger partial charge on any atom is -0.486 e. The highest BCUT2D eigenvalue weighted by atomic mass is 35.5. The summed E-state index contributed by atoms with van der Waals surface area (Å²) in [6.07, 6.45) is 0. The van der Waals surface area contributed by atoms with Crippen LogP contribution < -0.4 is 15.5 Å². The Morgan fingerprint density at radius 1 is 1.06 bits per heavy atom. The number of rotatable bonds is 6. The van der Waals surface area contributed by atoms with Crippen LogP contribution in [-0.2, 0) is 6.61 Å². The molecule has 0 atom stereocenters. The first-order valence-electron chi connectivity index (χ1n) is 9.74. The summed E-state index contributed by atoms with van der Waals surface area (Å²) < 4.78 is 33.3. The topological polar surface area (TPSA) is 71.2 Å². The summed E-state index contributed by atoms with van der Waals surface area (Å²) in [5.41, 5.74) is -0.142. The van der Waals surface area contributed by atoms with Crippen molar-refractivity contribution in [1.82, 2.24) is 4.98 Å². The molecule has 2 N–H and O–H groups in total. The minimum atomic E-state index is -0.903. The van der Waals surface area contributed by atoms with Gasteiger partial charge in [-0.25, -0.2) is 8.78 Å². The van der Waals surface area contributed by atoms with E-state index in [1.165, 1.54) is 13.0 Å². The number of anilines is 2. The molecule has 4 rings (SSSR count). The van der Waals surface area contributed by atoms with Crippen LogP contribution in [0.5, 0.6) is 5.75 Å². The van der Waals surface area contributed by atoms with Gasteiger partial charge in [0.1, 0.15) is 29.6 Å². The number of hydrogen-bond donors (Lipinski definition) is 2. The van der Waals surface area contributed by atoms with Crippen LogP contribution >= 0.6 is 23.2 Å². The maximum absolute atomic E-state index is 14.2. The van der Waals surface area contributed by atoms with E-state index < -0.39 is 22.8 Å². The molecule has 0 saturated heterocycles. The average molecular weight is 489 g/mol. The predicted octanol–water partition coefficient (Wildman–Crippen LogP) is 6.64. The summed E-state index contributed by atoms with van der Waals surface area (Å²) in [4.78, 5) is 28.7. The highest BCUT2D eigenvalue weighted by Crippen LogP contribution is 2.38. The fraction of sp³-hybridized carbons (Fsp3) is 0.0833. The van der Waals surface area contributed by atoms with E-state index in [1.54, 1.807) is 0 Å².